The number of aliphatic hydroxyl groups excluding tert-OH is 1. The van der Waals surface area contributed by atoms with Crippen molar-refractivity contribution >= 4 is 33.5 Å². The molecule has 1 unspecified atom stereocenters. The lowest BCUT2D eigenvalue weighted by Crippen LogP contribution is -2.34. The van der Waals surface area contributed by atoms with Crippen LogP contribution in [0.3, 0.4) is 0 Å². The number of rotatable bonds is 4. The van der Waals surface area contributed by atoms with E-state index in [1.807, 2.05) is 19.1 Å². The molecule has 0 aliphatic rings. The molecule has 0 saturated carbocycles. The standard InChI is InChI=1S/C20H25N3O2/c1-12(2)23-17-8-6-5-7-15(17)19-14(4)16(9-10-18(19)23)22-20(25)21-11-13(3)24/h5-10,12-13,24H,11H2,1-4H3,(H2,21,22,25). The van der Waals surface area contributed by atoms with Crippen molar-refractivity contribution in [2.75, 3.05) is 11.9 Å². The number of para-hydroxylation sites is 1. The number of nitrogens with one attached hydrogen (secondary N) is 2. The Balaban J connectivity index is 2.08. The van der Waals surface area contributed by atoms with Crippen molar-refractivity contribution in [3.8, 4) is 0 Å². The Kier molecular flexibility index (Phi) is 4.68. The van der Waals surface area contributed by atoms with Gasteiger partial charge in [0.2, 0.25) is 0 Å². The third-order valence-corrected chi connectivity index (χ3v) is 4.46. The zero-order chi connectivity index (χ0) is 18.1. The van der Waals surface area contributed by atoms with Gasteiger partial charge in [-0.1, -0.05) is 18.2 Å². The lowest BCUT2D eigenvalue weighted by molar-refractivity contribution is 0.190. The molecule has 0 aliphatic heterocycles. The van der Waals surface area contributed by atoms with Crippen LogP contribution >= 0.6 is 0 Å². The maximum atomic E-state index is 12.0. The quantitative estimate of drug-likeness (QED) is 0.667. The van der Waals surface area contributed by atoms with Crippen LogP contribution in [-0.4, -0.2) is 28.4 Å². The molecule has 1 atom stereocenters. The molecule has 3 aromatic rings. The Bertz CT molecular complexity index is 925. The second kappa shape index (κ2) is 6.76. The van der Waals surface area contributed by atoms with Gasteiger partial charge < -0.3 is 20.3 Å². The summed E-state index contributed by atoms with van der Waals surface area (Å²) in [7, 11) is 0. The molecule has 0 aliphatic carbocycles. The maximum Gasteiger partial charge on any atom is 0.319 e. The Hall–Kier alpha value is -2.53. The van der Waals surface area contributed by atoms with Crippen LogP contribution in [0.15, 0.2) is 36.4 Å². The monoisotopic (exact) mass is 339 g/mol. The highest BCUT2D eigenvalue weighted by molar-refractivity contribution is 6.12. The molecule has 0 fully saturated rings. The Morgan fingerprint density at radius 1 is 1.12 bits per heavy atom. The van der Waals surface area contributed by atoms with Crippen LogP contribution in [0, 0.1) is 6.92 Å². The van der Waals surface area contributed by atoms with Crippen molar-refractivity contribution in [3.05, 3.63) is 42.0 Å². The summed E-state index contributed by atoms with van der Waals surface area (Å²) in [6.45, 7) is 8.25. The topological polar surface area (TPSA) is 66.3 Å². The minimum absolute atomic E-state index is 0.222. The number of carbonyl (C=O) groups is 1. The molecule has 3 N–H and O–H groups in total. The highest BCUT2D eigenvalue weighted by Gasteiger charge is 2.16. The first-order valence-electron chi connectivity index (χ1n) is 8.65. The van der Waals surface area contributed by atoms with E-state index >= 15 is 0 Å². The number of carbonyl (C=O) groups excluding carboxylic acids is 1. The number of urea groups is 1. The molecule has 1 heterocycles. The van der Waals surface area contributed by atoms with Crippen molar-refractivity contribution < 1.29 is 9.90 Å². The number of hydrogen-bond donors (Lipinski definition) is 3. The molecule has 2 aromatic carbocycles. The number of aromatic nitrogens is 1. The number of fused-ring (bicyclic) bond motifs is 3. The number of nitrogens with zero attached hydrogens (tertiary/aromatic N) is 1. The number of anilines is 1. The van der Waals surface area contributed by atoms with E-state index < -0.39 is 6.10 Å². The summed E-state index contributed by atoms with van der Waals surface area (Å²) in [4.78, 5) is 12.0. The summed E-state index contributed by atoms with van der Waals surface area (Å²) in [5, 5.41) is 17.2. The molecule has 0 saturated heterocycles. The van der Waals surface area contributed by atoms with Crippen LogP contribution in [0.5, 0.6) is 0 Å². The molecule has 2 amide bonds. The summed E-state index contributed by atoms with van der Waals surface area (Å²) in [6.07, 6.45) is -0.571. The van der Waals surface area contributed by atoms with Gasteiger partial charge in [-0.3, -0.25) is 0 Å². The normalized spacial score (nSPS) is 12.7. The van der Waals surface area contributed by atoms with Gasteiger partial charge >= 0.3 is 6.03 Å². The zero-order valence-corrected chi connectivity index (χ0v) is 15.1. The van der Waals surface area contributed by atoms with Gasteiger partial charge in [0.05, 0.1) is 6.10 Å². The first-order chi connectivity index (χ1) is 11.9. The summed E-state index contributed by atoms with van der Waals surface area (Å²) >= 11 is 0. The molecule has 3 rings (SSSR count). The van der Waals surface area contributed by atoms with Gasteiger partial charge in [0.1, 0.15) is 0 Å². The van der Waals surface area contributed by atoms with Gasteiger partial charge in [-0.25, -0.2) is 4.79 Å². The van der Waals surface area contributed by atoms with Gasteiger partial charge in [-0.05, 0) is 51.5 Å². The van der Waals surface area contributed by atoms with Gasteiger partial charge in [0.15, 0.2) is 0 Å². The fraction of sp³-hybridized carbons (Fsp3) is 0.350. The van der Waals surface area contributed by atoms with E-state index in [-0.39, 0.29) is 12.6 Å². The highest BCUT2D eigenvalue weighted by atomic mass is 16.3. The van der Waals surface area contributed by atoms with Crippen molar-refractivity contribution in [1.82, 2.24) is 9.88 Å². The van der Waals surface area contributed by atoms with E-state index in [9.17, 15) is 9.90 Å². The minimum atomic E-state index is -0.571. The molecule has 0 bridgehead atoms. The SMILES string of the molecule is Cc1c(NC(=O)NCC(C)O)ccc2c1c1ccccc1n2C(C)C. The van der Waals surface area contributed by atoms with E-state index in [4.69, 9.17) is 0 Å². The largest absolute Gasteiger partial charge is 0.392 e. The molecule has 0 spiro atoms. The molecule has 0 radical (unpaired) electrons. The number of benzene rings is 2. The summed E-state index contributed by atoms with van der Waals surface area (Å²) in [5.41, 5.74) is 4.19. The number of hydrogen-bond acceptors (Lipinski definition) is 2. The van der Waals surface area contributed by atoms with E-state index in [0.29, 0.717) is 6.04 Å². The van der Waals surface area contributed by atoms with Crippen molar-refractivity contribution in [2.45, 2.75) is 39.8 Å². The second-order valence-electron chi connectivity index (χ2n) is 6.80. The fourth-order valence-electron chi connectivity index (χ4n) is 3.36. The molecular formula is C20H25N3O2. The third kappa shape index (κ3) is 3.20. The van der Waals surface area contributed by atoms with Crippen LogP contribution < -0.4 is 10.6 Å². The lowest BCUT2D eigenvalue weighted by Gasteiger charge is -2.14. The van der Waals surface area contributed by atoms with E-state index in [1.165, 1.54) is 16.4 Å². The lowest BCUT2D eigenvalue weighted by atomic mass is 10.1. The minimum Gasteiger partial charge on any atom is -0.392 e. The van der Waals surface area contributed by atoms with Crippen molar-refractivity contribution in [2.24, 2.45) is 0 Å². The van der Waals surface area contributed by atoms with Crippen molar-refractivity contribution in [3.63, 3.8) is 0 Å². The van der Waals surface area contributed by atoms with E-state index in [0.717, 1.165) is 16.6 Å². The van der Waals surface area contributed by atoms with Crippen LogP contribution in [0.4, 0.5) is 10.5 Å². The average molecular weight is 339 g/mol. The first kappa shape index (κ1) is 17.3. The zero-order valence-electron chi connectivity index (χ0n) is 15.1. The van der Waals surface area contributed by atoms with Gasteiger partial charge in [-0.15, -0.1) is 0 Å². The molecule has 5 nitrogen and oxygen atoms in total. The molecule has 1 aromatic heterocycles. The molecule has 132 valence electrons. The van der Waals surface area contributed by atoms with E-state index in [1.54, 1.807) is 6.92 Å². The molecule has 25 heavy (non-hydrogen) atoms. The first-order valence-corrected chi connectivity index (χ1v) is 8.65. The van der Waals surface area contributed by atoms with Crippen molar-refractivity contribution in [1.29, 1.82) is 0 Å². The Labute approximate surface area is 147 Å². The maximum absolute atomic E-state index is 12.0. The van der Waals surface area contributed by atoms with Gasteiger partial charge in [0, 0.05) is 40.1 Å². The number of aryl methyl sites for hydroxylation is 1. The van der Waals surface area contributed by atoms with Gasteiger partial charge in [-0.2, -0.15) is 0 Å². The predicted molar refractivity (Wildman–Crippen MR) is 103 cm³/mol. The van der Waals surface area contributed by atoms with E-state index in [2.05, 4.69) is 53.3 Å². The third-order valence-electron chi connectivity index (χ3n) is 4.46. The second-order valence-corrected chi connectivity index (χ2v) is 6.80. The van der Waals surface area contributed by atoms with Crippen LogP contribution in [0.25, 0.3) is 21.8 Å². The average Bonchev–Trinajstić information content (AvgIpc) is 2.90. The molecular weight excluding hydrogens is 314 g/mol. The number of aliphatic hydroxyl groups is 1. The highest BCUT2D eigenvalue weighted by Crippen LogP contribution is 2.36. The summed E-state index contributed by atoms with van der Waals surface area (Å²) in [5.74, 6) is 0. The van der Waals surface area contributed by atoms with Crippen LogP contribution in [0.1, 0.15) is 32.4 Å². The van der Waals surface area contributed by atoms with Crippen LogP contribution in [-0.2, 0) is 0 Å². The number of amides is 2. The molecule has 5 heteroatoms. The smallest absolute Gasteiger partial charge is 0.319 e. The predicted octanol–water partition coefficient (Wildman–Crippen LogP) is 4.19. The summed E-state index contributed by atoms with van der Waals surface area (Å²) in [6, 6.07) is 12.4. The van der Waals surface area contributed by atoms with Gasteiger partial charge in [0.25, 0.3) is 0 Å². The van der Waals surface area contributed by atoms with Crippen LogP contribution in [0.2, 0.25) is 0 Å². The Morgan fingerprint density at radius 3 is 2.52 bits per heavy atom. The summed E-state index contributed by atoms with van der Waals surface area (Å²) < 4.78 is 2.33. The Morgan fingerprint density at radius 2 is 1.84 bits per heavy atom. The fourth-order valence-corrected chi connectivity index (χ4v) is 3.36.